The number of nitrogen functional groups attached to an aromatic ring is 1. The van der Waals surface area contributed by atoms with Crippen molar-refractivity contribution in [2.24, 2.45) is 11.8 Å². The van der Waals surface area contributed by atoms with Crippen molar-refractivity contribution in [3.05, 3.63) is 18.2 Å². The first-order chi connectivity index (χ1) is 9.12. The van der Waals surface area contributed by atoms with Crippen molar-refractivity contribution < 1.29 is 19.0 Å². The van der Waals surface area contributed by atoms with Crippen LogP contribution in [-0.4, -0.2) is 26.8 Å². The van der Waals surface area contributed by atoms with Crippen molar-refractivity contribution in [1.82, 2.24) is 0 Å². The number of ether oxygens (including phenoxy) is 3. The first-order valence-electron chi connectivity index (χ1n) is 6.27. The normalized spacial score (nSPS) is 21.4. The average molecular weight is 265 g/mol. The van der Waals surface area contributed by atoms with Crippen molar-refractivity contribution in [2.45, 2.75) is 12.8 Å². The Morgan fingerprint density at radius 2 is 1.95 bits per heavy atom. The molecular weight excluding hydrogens is 246 g/mol. The van der Waals surface area contributed by atoms with Crippen LogP contribution in [0.5, 0.6) is 11.5 Å². The second kappa shape index (κ2) is 5.82. The molecule has 2 N–H and O–H groups in total. The number of hydrogen-bond acceptors (Lipinski definition) is 5. The third-order valence-electron chi connectivity index (χ3n) is 3.39. The third-order valence-corrected chi connectivity index (χ3v) is 3.39. The molecule has 1 aliphatic carbocycles. The Labute approximate surface area is 112 Å². The zero-order valence-corrected chi connectivity index (χ0v) is 11.2. The molecule has 0 radical (unpaired) electrons. The van der Waals surface area contributed by atoms with Gasteiger partial charge in [-0.05, 0) is 18.8 Å². The number of methoxy groups -OCH3 is 2. The van der Waals surface area contributed by atoms with Crippen LogP contribution >= 0.6 is 0 Å². The lowest BCUT2D eigenvalue weighted by Crippen LogP contribution is -2.34. The molecule has 0 spiro atoms. The van der Waals surface area contributed by atoms with Crippen LogP contribution in [0.2, 0.25) is 0 Å². The van der Waals surface area contributed by atoms with Gasteiger partial charge in [-0.1, -0.05) is 0 Å². The molecule has 104 valence electrons. The molecule has 0 heterocycles. The van der Waals surface area contributed by atoms with Gasteiger partial charge in [0.15, 0.2) is 0 Å². The summed E-state index contributed by atoms with van der Waals surface area (Å²) in [4.78, 5) is 11.2. The van der Waals surface area contributed by atoms with E-state index in [1.807, 2.05) is 0 Å². The lowest BCUT2D eigenvalue weighted by molar-refractivity contribution is -0.150. The number of carbonyl (C=O) groups is 1. The van der Waals surface area contributed by atoms with Gasteiger partial charge in [-0.25, -0.2) is 0 Å². The second-order valence-electron chi connectivity index (χ2n) is 4.81. The Bertz CT molecular complexity index is 455. The molecule has 0 unspecified atom stereocenters. The van der Waals surface area contributed by atoms with Gasteiger partial charge in [0.2, 0.25) is 0 Å². The van der Waals surface area contributed by atoms with Crippen LogP contribution in [0.15, 0.2) is 18.2 Å². The first kappa shape index (κ1) is 13.5. The molecule has 0 aliphatic heterocycles. The van der Waals surface area contributed by atoms with Gasteiger partial charge < -0.3 is 19.9 Å². The molecule has 0 atom stereocenters. The summed E-state index contributed by atoms with van der Waals surface area (Å²) in [6, 6.07) is 5.30. The number of esters is 1. The van der Waals surface area contributed by atoms with Crippen LogP contribution in [0.4, 0.5) is 5.69 Å². The van der Waals surface area contributed by atoms with E-state index < -0.39 is 0 Å². The molecular formula is C14H19NO4. The Kier molecular flexibility index (Phi) is 4.14. The van der Waals surface area contributed by atoms with Gasteiger partial charge in [0, 0.05) is 23.9 Å². The molecule has 5 nitrogen and oxygen atoms in total. The van der Waals surface area contributed by atoms with E-state index in [-0.39, 0.29) is 11.9 Å². The monoisotopic (exact) mass is 265 g/mol. The lowest BCUT2D eigenvalue weighted by Gasteiger charge is -2.32. The van der Waals surface area contributed by atoms with Crippen LogP contribution in [0, 0.1) is 11.8 Å². The molecule has 0 bridgehead atoms. The van der Waals surface area contributed by atoms with E-state index in [2.05, 4.69) is 0 Å². The number of benzene rings is 1. The zero-order chi connectivity index (χ0) is 13.8. The largest absolute Gasteiger partial charge is 0.497 e. The van der Waals surface area contributed by atoms with Gasteiger partial charge in [-0.15, -0.1) is 0 Å². The van der Waals surface area contributed by atoms with E-state index in [0.29, 0.717) is 29.7 Å². The van der Waals surface area contributed by atoms with Gasteiger partial charge in [0.25, 0.3) is 0 Å². The van der Waals surface area contributed by atoms with Gasteiger partial charge in [-0.3, -0.25) is 4.79 Å². The predicted molar refractivity (Wildman–Crippen MR) is 71.1 cm³/mol. The molecule has 0 amide bonds. The van der Waals surface area contributed by atoms with Crippen LogP contribution < -0.4 is 15.2 Å². The second-order valence-corrected chi connectivity index (χ2v) is 4.81. The quantitative estimate of drug-likeness (QED) is 0.650. The fourth-order valence-electron chi connectivity index (χ4n) is 2.24. The van der Waals surface area contributed by atoms with E-state index in [1.165, 1.54) is 7.11 Å². The zero-order valence-electron chi connectivity index (χ0n) is 11.2. The third kappa shape index (κ3) is 3.30. The molecule has 1 saturated carbocycles. The molecule has 2 rings (SSSR count). The van der Waals surface area contributed by atoms with Crippen molar-refractivity contribution in [2.75, 3.05) is 26.6 Å². The van der Waals surface area contributed by atoms with Crippen molar-refractivity contribution in [3.63, 3.8) is 0 Å². The molecule has 1 fully saturated rings. The highest BCUT2D eigenvalue weighted by molar-refractivity contribution is 5.73. The lowest BCUT2D eigenvalue weighted by atomic mass is 9.75. The molecule has 1 aliphatic rings. The number of nitrogens with two attached hydrogens (primary N) is 1. The van der Waals surface area contributed by atoms with E-state index in [9.17, 15) is 4.79 Å². The number of carbonyl (C=O) groups excluding carboxylic acids is 1. The Hall–Kier alpha value is -1.91. The van der Waals surface area contributed by atoms with Crippen LogP contribution in [-0.2, 0) is 9.53 Å². The van der Waals surface area contributed by atoms with E-state index in [0.717, 1.165) is 12.8 Å². The SMILES string of the molecule is COC(=O)C1CC(COc2cc(N)cc(OC)c2)C1. The highest BCUT2D eigenvalue weighted by atomic mass is 16.5. The van der Waals surface area contributed by atoms with E-state index >= 15 is 0 Å². The van der Waals surface area contributed by atoms with Crippen LogP contribution in [0.1, 0.15) is 12.8 Å². The minimum atomic E-state index is -0.123. The summed E-state index contributed by atoms with van der Waals surface area (Å²) in [6.45, 7) is 0.583. The predicted octanol–water partition coefficient (Wildman–Crippen LogP) is 1.86. The summed E-state index contributed by atoms with van der Waals surface area (Å²) in [7, 11) is 3.01. The summed E-state index contributed by atoms with van der Waals surface area (Å²) in [5, 5.41) is 0. The molecule has 1 aromatic rings. The molecule has 5 heteroatoms. The number of hydrogen-bond donors (Lipinski definition) is 1. The Balaban J connectivity index is 1.81. The van der Waals surface area contributed by atoms with Gasteiger partial charge in [0.1, 0.15) is 11.5 Å². The molecule has 0 aromatic heterocycles. The maximum absolute atomic E-state index is 11.2. The van der Waals surface area contributed by atoms with Crippen LogP contribution in [0.3, 0.4) is 0 Å². The van der Waals surface area contributed by atoms with Crippen molar-refractivity contribution in [3.8, 4) is 11.5 Å². The summed E-state index contributed by atoms with van der Waals surface area (Å²) < 4.78 is 15.5. The van der Waals surface area contributed by atoms with Crippen LogP contribution in [0.25, 0.3) is 0 Å². The number of rotatable bonds is 5. The fraction of sp³-hybridized carbons (Fsp3) is 0.500. The Morgan fingerprint density at radius 3 is 2.58 bits per heavy atom. The smallest absolute Gasteiger partial charge is 0.308 e. The summed E-state index contributed by atoms with van der Waals surface area (Å²) >= 11 is 0. The highest BCUT2D eigenvalue weighted by Gasteiger charge is 2.35. The highest BCUT2D eigenvalue weighted by Crippen LogP contribution is 2.35. The standard InChI is InChI=1S/C14H19NO4/c1-17-12-5-11(15)6-13(7-12)19-8-9-3-10(4-9)14(16)18-2/h5-7,9-10H,3-4,8,15H2,1-2H3. The summed E-state index contributed by atoms with van der Waals surface area (Å²) in [5.74, 6) is 1.68. The van der Waals surface area contributed by atoms with E-state index in [4.69, 9.17) is 19.9 Å². The van der Waals surface area contributed by atoms with Gasteiger partial charge in [0.05, 0.1) is 26.7 Å². The van der Waals surface area contributed by atoms with E-state index in [1.54, 1.807) is 25.3 Å². The Morgan fingerprint density at radius 1 is 1.26 bits per heavy atom. The number of anilines is 1. The summed E-state index contributed by atoms with van der Waals surface area (Å²) in [6.07, 6.45) is 1.65. The minimum absolute atomic E-state index is 0.0361. The average Bonchev–Trinajstić information content (AvgIpc) is 2.35. The van der Waals surface area contributed by atoms with Crippen molar-refractivity contribution >= 4 is 11.7 Å². The minimum Gasteiger partial charge on any atom is -0.497 e. The summed E-state index contributed by atoms with van der Waals surface area (Å²) in [5.41, 5.74) is 6.35. The molecule has 0 saturated heterocycles. The molecule has 1 aromatic carbocycles. The van der Waals surface area contributed by atoms with Gasteiger partial charge >= 0.3 is 5.97 Å². The van der Waals surface area contributed by atoms with Gasteiger partial charge in [-0.2, -0.15) is 0 Å². The maximum atomic E-state index is 11.2. The fourth-order valence-corrected chi connectivity index (χ4v) is 2.24. The first-order valence-corrected chi connectivity index (χ1v) is 6.27. The topological polar surface area (TPSA) is 70.8 Å². The molecule has 19 heavy (non-hydrogen) atoms. The maximum Gasteiger partial charge on any atom is 0.308 e. The van der Waals surface area contributed by atoms with Crippen molar-refractivity contribution in [1.29, 1.82) is 0 Å².